The monoisotopic (exact) mass is 221 g/mol. The number of aliphatic imine (C=N–C) groups is 1. The molecule has 0 heterocycles. The van der Waals surface area contributed by atoms with Crippen LogP contribution < -0.4 is 11.5 Å². The third-order valence-electron chi connectivity index (χ3n) is 1.37. The molecule has 3 nitrogen and oxygen atoms in total. The van der Waals surface area contributed by atoms with E-state index in [1.807, 2.05) is 0 Å². The van der Waals surface area contributed by atoms with Crippen LogP contribution in [0, 0.1) is 11.6 Å². The van der Waals surface area contributed by atoms with Gasteiger partial charge in [0, 0.05) is 6.07 Å². The molecule has 0 aromatic heterocycles. The van der Waals surface area contributed by atoms with Gasteiger partial charge in [0.1, 0.15) is 11.6 Å². The van der Waals surface area contributed by atoms with E-state index in [9.17, 15) is 8.78 Å². The van der Waals surface area contributed by atoms with E-state index in [4.69, 9.17) is 11.5 Å². The summed E-state index contributed by atoms with van der Waals surface area (Å²) in [5.41, 5.74) is 10.5. The first-order valence-corrected chi connectivity index (χ1v) is 3.58. The summed E-state index contributed by atoms with van der Waals surface area (Å²) in [6, 6.07) is 3.14. The minimum absolute atomic E-state index is 0. The van der Waals surface area contributed by atoms with E-state index in [-0.39, 0.29) is 24.9 Å². The van der Waals surface area contributed by atoms with Crippen LogP contribution in [0.4, 0.5) is 8.78 Å². The molecule has 1 aromatic rings. The van der Waals surface area contributed by atoms with Crippen molar-refractivity contribution in [3.05, 3.63) is 35.4 Å². The molecule has 4 N–H and O–H groups in total. The summed E-state index contributed by atoms with van der Waals surface area (Å²) in [7, 11) is 0. The van der Waals surface area contributed by atoms with Crippen LogP contribution >= 0.6 is 12.4 Å². The lowest BCUT2D eigenvalue weighted by Crippen LogP contribution is -2.22. The molecule has 0 amide bonds. The highest BCUT2D eigenvalue weighted by Gasteiger charge is 1.99. The normalized spacial score (nSPS) is 9.00. The Balaban J connectivity index is 0.00000169. The number of benzene rings is 1. The molecule has 0 saturated carbocycles. The molecule has 0 saturated heterocycles. The van der Waals surface area contributed by atoms with Gasteiger partial charge in [-0.25, -0.2) is 13.8 Å². The number of nitrogens with zero attached hydrogens (tertiary/aromatic N) is 1. The molecule has 6 heteroatoms. The maximum absolute atomic E-state index is 12.6. The molecule has 14 heavy (non-hydrogen) atoms. The molecule has 0 bridgehead atoms. The first kappa shape index (κ1) is 12.6. The summed E-state index contributed by atoms with van der Waals surface area (Å²) in [4.78, 5) is 3.62. The van der Waals surface area contributed by atoms with Crippen LogP contribution in [0.2, 0.25) is 0 Å². The molecule has 0 atom stereocenters. The van der Waals surface area contributed by atoms with Crippen molar-refractivity contribution >= 4 is 18.4 Å². The lowest BCUT2D eigenvalue weighted by atomic mass is 10.2. The first-order valence-electron chi connectivity index (χ1n) is 3.58. The summed E-state index contributed by atoms with van der Waals surface area (Å²) in [6.45, 7) is 0.0804. The predicted octanol–water partition coefficient (Wildman–Crippen LogP) is 1.16. The van der Waals surface area contributed by atoms with Crippen LogP contribution in [-0.4, -0.2) is 5.96 Å². The van der Waals surface area contributed by atoms with Crippen LogP contribution in [0.15, 0.2) is 23.2 Å². The zero-order chi connectivity index (χ0) is 9.84. The van der Waals surface area contributed by atoms with Crippen molar-refractivity contribution in [3.8, 4) is 0 Å². The van der Waals surface area contributed by atoms with E-state index < -0.39 is 11.6 Å². The molecule has 78 valence electrons. The summed E-state index contributed by atoms with van der Waals surface area (Å²) < 4.78 is 25.2. The molecule has 0 radical (unpaired) electrons. The van der Waals surface area contributed by atoms with Crippen molar-refractivity contribution in [1.29, 1.82) is 0 Å². The van der Waals surface area contributed by atoms with Crippen LogP contribution in [-0.2, 0) is 6.54 Å². The van der Waals surface area contributed by atoms with Gasteiger partial charge in [0.2, 0.25) is 0 Å². The second-order valence-electron chi connectivity index (χ2n) is 2.52. The Kier molecular flexibility index (Phi) is 4.86. The summed E-state index contributed by atoms with van der Waals surface area (Å²) in [5, 5.41) is 0. The second kappa shape index (κ2) is 5.39. The van der Waals surface area contributed by atoms with Gasteiger partial charge >= 0.3 is 0 Å². The maximum Gasteiger partial charge on any atom is 0.186 e. The van der Waals surface area contributed by atoms with Crippen molar-refractivity contribution in [2.24, 2.45) is 16.5 Å². The Morgan fingerprint density at radius 3 is 2.07 bits per heavy atom. The quantitative estimate of drug-likeness (QED) is 0.582. The highest BCUT2D eigenvalue weighted by Crippen LogP contribution is 2.08. The topological polar surface area (TPSA) is 64.4 Å². The summed E-state index contributed by atoms with van der Waals surface area (Å²) in [6.07, 6.45) is 0. The number of guanidine groups is 1. The highest BCUT2D eigenvalue weighted by atomic mass is 35.5. The molecule has 0 fully saturated rings. The number of hydrogen-bond donors (Lipinski definition) is 2. The van der Waals surface area contributed by atoms with Gasteiger partial charge in [-0.05, 0) is 17.7 Å². The van der Waals surface area contributed by atoms with Gasteiger partial charge < -0.3 is 11.5 Å². The Hall–Kier alpha value is -1.36. The van der Waals surface area contributed by atoms with Crippen molar-refractivity contribution < 1.29 is 8.78 Å². The summed E-state index contributed by atoms with van der Waals surface area (Å²) in [5.74, 6) is -1.38. The Bertz CT molecular complexity index is 317. The van der Waals surface area contributed by atoms with E-state index in [2.05, 4.69) is 4.99 Å². The summed E-state index contributed by atoms with van der Waals surface area (Å²) >= 11 is 0. The lowest BCUT2D eigenvalue weighted by molar-refractivity contribution is 0.580. The Morgan fingerprint density at radius 2 is 1.64 bits per heavy atom. The minimum Gasteiger partial charge on any atom is -0.370 e. The van der Waals surface area contributed by atoms with Gasteiger partial charge in [-0.3, -0.25) is 0 Å². The Morgan fingerprint density at radius 1 is 1.14 bits per heavy atom. The molecule has 1 rings (SSSR count). The fourth-order valence-electron chi connectivity index (χ4n) is 0.885. The molecular formula is C8H10ClF2N3. The van der Waals surface area contributed by atoms with Gasteiger partial charge in [0.05, 0.1) is 6.54 Å². The first-order chi connectivity index (χ1) is 6.08. The van der Waals surface area contributed by atoms with Crippen LogP contribution in [0.1, 0.15) is 5.56 Å². The molecule has 0 unspecified atom stereocenters. The van der Waals surface area contributed by atoms with Gasteiger partial charge in [-0.15, -0.1) is 12.4 Å². The fourth-order valence-corrected chi connectivity index (χ4v) is 0.885. The molecular weight excluding hydrogens is 212 g/mol. The predicted molar refractivity (Wildman–Crippen MR) is 53.1 cm³/mol. The van der Waals surface area contributed by atoms with E-state index in [0.29, 0.717) is 5.56 Å². The van der Waals surface area contributed by atoms with E-state index >= 15 is 0 Å². The highest BCUT2D eigenvalue weighted by molar-refractivity contribution is 5.85. The van der Waals surface area contributed by atoms with Gasteiger partial charge in [-0.2, -0.15) is 0 Å². The number of hydrogen-bond acceptors (Lipinski definition) is 1. The van der Waals surface area contributed by atoms with Crippen molar-refractivity contribution in [1.82, 2.24) is 0 Å². The maximum atomic E-state index is 12.6. The average molecular weight is 222 g/mol. The number of rotatable bonds is 2. The molecule has 0 aliphatic carbocycles. The average Bonchev–Trinajstić information content (AvgIpc) is 1.99. The molecule has 0 aliphatic heterocycles. The lowest BCUT2D eigenvalue weighted by Gasteiger charge is -1.98. The third-order valence-corrected chi connectivity index (χ3v) is 1.37. The zero-order valence-electron chi connectivity index (χ0n) is 7.21. The zero-order valence-corrected chi connectivity index (χ0v) is 8.02. The van der Waals surface area contributed by atoms with Crippen LogP contribution in [0.25, 0.3) is 0 Å². The molecule has 1 aromatic carbocycles. The van der Waals surface area contributed by atoms with E-state index in [1.54, 1.807) is 0 Å². The van der Waals surface area contributed by atoms with Gasteiger partial charge in [-0.1, -0.05) is 0 Å². The van der Waals surface area contributed by atoms with Gasteiger partial charge in [0.25, 0.3) is 0 Å². The third kappa shape index (κ3) is 4.04. The van der Waals surface area contributed by atoms with Crippen LogP contribution in [0.5, 0.6) is 0 Å². The smallest absolute Gasteiger partial charge is 0.186 e. The van der Waals surface area contributed by atoms with Gasteiger partial charge in [0.15, 0.2) is 5.96 Å². The molecule has 0 spiro atoms. The largest absolute Gasteiger partial charge is 0.370 e. The molecule has 0 aliphatic rings. The Labute approximate surface area is 86.2 Å². The van der Waals surface area contributed by atoms with Crippen molar-refractivity contribution in [2.75, 3.05) is 0 Å². The van der Waals surface area contributed by atoms with Crippen molar-refractivity contribution in [2.45, 2.75) is 6.54 Å². The van der Waals surface area contributed by atoms with E-state index in [0.717, 1.165) is 6.07 Å². The van der Waals surface area contributed by atoms with Crippen LogP contribution in [0.3, 0.4) is 0 Å². The number of nitrogens with two attached hydrogens (primary N) is 2. The van der Waals surface area contributed by atoms with E-state index in [1.165, 1.54) is 12.1 Å². The number of halogens is 3. The van der Waals surface area contributed by atoms with Crippen molar-refractivity contribution in [3.63, 3.8) is 0 Å². The fraction of sp³-hybridized carbons (Fsp3) is 0.125. The SMILES string of the molecule is Cl.NC(N)=NCc1cc(F)cc(F)c1. The minimum atomic E-state index is -0.638. The standard InChI is InChI=1S/C8H9F2N3.ClH/c9-6-1-5(2-7(10)3-6)4-13-8(11)12;/h1-3H,4H2,(H4,11,12,13);1H. The second-order valence-corrected chi connectivity index (χ2v) is 2.52.